The lowest BCUT2D eigenvalue weighted by atomic mass is 10.0. The molecule has 0 unspecified atom stereocenters. The van der Waals surface area contributed by atoms with Gasteiger partial charge in [0.1, 0.15) is 11.9 Å². The normalized spacial score (nSPS) is 15.0. The maximum absolute atomic E-state index is 9.71. The summed E-state index contributed by atoms with van der Waals surface area (Å²) in [5.41, 5.74) is 4.99. The molecule has 0 radical (unpaired) electrons. The molecule has 1 aromatic carbocycles. The van der Waals surface area contributed by atoms with Gasteiger partial charge in [0, 0.05) is 49.3 Å². The molecule has 4 rings (SSSR count). The fraction of sp³-hybridized carbons (Fsp3) is 0.400. The molecule has 1 aliphatic rings. The Balaban J connectivity index is 1.72. The zero-order valence-corrected chi connectivity index (χ0v) is 16.7. The lowest BCUT2D eigenvalue weighted by Crippen LogP contribution is -2.31. The van der Waals surface area contributed by atoms with Crippen molar-refractivity contribution >= 4 is 33.3 Å². The second kappa shape index (κ2) is 7.12. The number of benzene rings is 1. The largest absolute Gasteiger partial charge is 0.368 e. The van der Waals surface area contributed by atoms with Crippen LogP contribution in [-0.2, 0) is 0 Å². The Bertz CT molecular complexity index is 1030. The van der Waals surface area contributed by atoms with Crippen molar-refractivity contribution < 1.29 is 0 Å². The highest BCUT2D eigenvalue weighted by Gasteiger charge is 2.22. The van der Waals surface area contributed by atoms with Crippen LogP contribution < -0.4 is 9.80 Å². The molecular weight excluding hydrogens is 356 g/mol. The van der Waals surface area contributed by atoms with Gasteiger partial charge in [-0.25, -0.2) is 4.98 Å². The monoisotopic (exact) mass is 378 g/mol. The number of rotatable bonds is 2. The van der Waals surface area contributed by atoms with E-state index in [9.17, 15) is 5.26 Å². The summed E-state index contributed by atoms with van der Waals surface area (Å²) in [5, 5.41) is 11.8. The molecule has 0 amide bonds. The minimum atomic E-state index is 0.646. The quantitative estimate of drug-likeness (QED) is 0.679. The average Bonchev–Trinajstić information content (AvgIpc) is 2.93. The van der Waals surface area contributed by atoms with Crippen molar-refractivity contribution in [3.05, 3.63) is 40.8 Å². The standard InChI is InChI=1S/C20H22N6S/c1-13-9-14(2)18-17(10-13)19(16(11-21)12-22-18)25-5-4-6-26(8-7-25)20-23-15(3)24-27-20/h9-10,12H,4-8H2,1-3H3. The number of pyridine rings is 1. The zero-order chi connectivity index (χ0) is 19.0. The summed E-state index contributed by atoms with van der Waals surface area (Å²) < 4.78 is 4.31. The molecule has 0 saturated carbocycles. The first-order valence-corrected chi connectivity index (χ1v) is 9.94. The van der Waals surface area contributed by atoms with Gasteiger partial charge >= 0.3 is 0 Å². The Morgan fingerprint density at radius 2 is 1.85 bits per heavy atom. The Morgan fingerprint density at radius 3 is 2.59 bits per heavy atom. The molecule has 2 aromatic heterocycles. The van der Waals surface area contributed by atoms with E-state index >= 15 is 0 Å². The molecule has 0 atom stereocenters. The predicted octanol–water partition coefficient (Wildman–Crippen LogP) is 3.60. The average molecular weight is 379 g/mol. The first-order valence-electron chi connectivity index (χ1n) is 9.17. The van der Waals surface area contributed by atoms with E-state index in [-0.39, 0.29) is 0 Å². The van der Waals surface area contributed by atoms with Gasteiger partial charge in [-0.3, -0.25) is 4.98 Å². The number of nitrogens with zero attached hydrogens (tertiary/aromatic N) is 6. The van der Waals surface area contributed by atoms with E-state index in [4.69, 9.17) is 0 Å². The lowest BCUT2D eigenvalue weighted by Gasteiger charge is -2.26. The first-order chi connectivity index (χ1) is 13.1. The smallest absolute Gasteiger partial charge is 0.205 e. The van der Waals surface area contributed by atoms with Crippen molar-refractivity contribution in [2.45, 2.75) is 27.2 Å². The molecular formula is C20H22N6S. The first kappa shape index (κ1) is 17.7. The molecule has 6 nitrogen and oxygen atoms in total. The number of anilines is 2. The number of aromatic nitrogens is 3. The molecule has 0 bridgehead atoms. The number of fused-ring (bicyclic) bond motifs is 1. The van der Waals surface area contributed by atoms with E-state index in [2.05, 4.69) is 56.2 Å². The van der Waals surface area contributed by atoms with Crippen molar-refractivity contribution in [2.75, 3.05) is 36.0 Å². The summed E-state index contributed by atoms with van der Waals surface area (Å²) in [6.07, 6.45) is 2.73. The highest BCUT2D eigenvalue weighted by atomic mass is 32.1. The Morgan fingerprint density at radius 1 is 1.07 bits per heavy atom. The minimum Gasteiger partial charge on any atom is -0.368 e. The van der Waals surface area contributed by atoms with Crippen LogP contribution >= 0.6 is 11.5 Å². The van der Waals surface area contributed by atoms with Crippen molar-refractivity contribution in [1.29, 1.82) is 5.26 Å². The van der Waals surface area contributed by atoms with Gasteiger partial charge in [-0.15, -0.1) is 0 Å². The van der Waals surface area contributed by atoms with Crippen LogP contribution in [-0.4, -0.2) is 40.5 Å². The van der Waals surface area contributed by atoms with E-state index < -0.39 is 0 Å². The maximum atomic E-state index is 9.71. The fourth-order valence-electron chi connectivity index (χ4n) is 3.82. The van der Waals surface area contributed by atoms with Gasteiger partial charge in [-0.1, -0.05) is 11.6 Å². The second-order valence-electron chi connectivity index (χ2n) is 7.06. The molecule has 1 saturated heterocycles. The zero-order valence-electron chi connectivity index (χ0n) is 15.9. The Kier molecular flexibility index (Phi) is 4.66. The van der Waals surface area contributed by atoms with Gasteiger partial charge in [0.15, 0.2) is 0 Å². The molecule has 3 aromatic rings. The third kappa shape index (κ3) is 3.33. The van der Waals surface area contributed by atoms with Crippen molar-refractivity contribution in [1.82, 2.24) is 14.3 Å². The molecule has 0 N–H and O–H groups in total. The van der Waals surface area contributed by atoms with Crippen LogP contribution in [0.5, 0.6) is 0 Å². The predicted molar refractivity (Wildman–Crippen MR) is 110 cm³/mol. The van der Waals surface area contributed by atoms with E-state index in [0.717, 1.165) is 65.7 Å². The van der Waals surface area contributed by atoms with Gasteiger partial charge in [0.2, 0.25) is 5.13 Å². The number of nitriles is 1. The fourth-order valence-corrected chi connectivity index (χ4v) is 4.54. The van der Waals surface area contributed by atoms with Gasteiger partial charge < -0.3 is 9.80 Å². The Hall–Kier alpha value is -2.72. The molecule has 1 fully saturated rings. The highest BCUT2D eigenvalue weighted by Crippen LogP contribution is 2.33. The summed E-state index contributed by atoms with van der Waals surface area (Å²) in [6.45, 7) is 9.69. The summed E-state index contributed by atoms with van der Waals surface area (Å²) in [5.74, 6) is 0.828. The molecule has 138 valence electrons. The summed E-state index contributed by atoms with van der Waals surface area (Å²) in [7, 11) is 0. The van der Waals surface area contributed by atoms with Crippen LogP contribution in [0.15, 0.2) is 18.3 Å². The van der Waals surface area contributed by atoms with Crippen LogP contribution in [0.3, 0.4) is 0 Å². The highest BCUT2D eigenvalue weighted by molar-refractivity contribution is 7.09. The van der Waals surface area contributed by atoms with Gasteiger partial charge in [0.05, 0.1) is 16.8 Å². The topological polar surface area (TPSA) is 68.9 Å². The van der Waals surface area contributed by atoms with Crippen molar-refractivity contribution in [2.24, 2.45) is 0 Å². The van der Waals surface area contributed by atoms with Gasteiger partial charge in [-0.2, -0.15) is 9.64 Å². The van der Waals surface area contributed by atoms with Gasteiger partial charge in [0.25, 0.3) is 0 Å². The van der Waals surface area contributed by atoms with E-state index in [1.54, 1.807) is 6.20 Å². The van der Waals surface area contributed by atoms with E-state index in [1.165, 1.54) is 17.1 Å². The molecule has 3 heterocycles. The third-order valence-corrected chi connectivity index (χ3v) is 5.87. The molecule has 0 aliphatic carbocycles. The summed E-state index contributed by atoms with van der Waals surface area (Å²) >= 11 is 1.46. The third-order valence-electron chi connectivity index (χ3n) is 5.00. The molecule has 7 heteroatoms. The Labute approximate surface area is 163 Å². The molecule has 1 aliphatic heterocycles. The van der Waals surface area contributed by atoms with Crippen LogP contribution in [0.25, 0.3) is 10.9 Å². The van der Waals surface area contributed by atoms with Gasteiger partial charge in [-0.05, 0) is 38.8 Å². The van der Waals surface area contributed by atoms with E-state index in [0.29, 0.717) is 5.56 Å². The van der Waals surface area contributed by atoms with Crippen LogP contribution in [0.2, 0.25) is 0 Å². The number of hydrogen-bond acceptors (Lipinski definition) is 7. The summed E-state index contributed by atoms with van der Waals surface area (Å²) in [4.78, 5) is 13.7. The minimum absolute atomic E-state index is 0.646. The van der Waals surface area contributed by atoms with Crippen molar-refractivity contribution in [3.63, 3.8) is 0 Å². The SMILES string of the molecule is Cc1cc(C)c2ncc(C#N)c(N3CCCN(c4nc(C)ns4)CC3)c2c1. The number of aryl methyl sites for hydroxylation is 3. The van der Waals surface area contributed by atoms with Crippen LogP contribution in [0, 0.1) is 32.1 Å². The maximum Gasteiger partial charge on any atom is 0.205 e. The van der Waals surface area contributed by atoms with Crippen LogP contribution in [0.1, 0.15) is 28.9 Å². The molecule has 27 heavy (non-hydrogen) atoms. The lowest BCUT2D eigenvalue weighted by molar-refractivity contribution is 0.803. The second-order valence-corrected chi connectivity index (χ2v) is 7.79. The van der Waals surface area contributed by atoms with Crippen LogP contribution in [0.4, 0.5) is 10.8 Å². The molecule has 0 spiro atoms. The van der Waals surface area contributed by atoms with Crippen molar-refractivity contribution in [3.8, 4) is 6.07 Å². The van der Waals surface area contributed by atoms with E-state index in [1.807, 2.05) is 6.92 Å². The summed E-state index contributed by atoms with van der Waals surface area (Å²) in [6, 6.07) is 6.65. The number of hydrogen-bond donors (Lipinski definition) is 0.